The lowest BCUT2D eigenvalue weighted by molar-refractivity contribution is -0.130. The van der Waals surface area contributed by atoms with Crippen LogP contribution in [0.3, 0.4) is 0 Å². The van der Waals surface area contributed by atoms with E-state index in [0.717, 1.165) is 18.5 Å². The molecular formula is C19H29N3O4. The lowest BCUT2D eigenvalue weighted by Gasteiger charge is -2.25. The average Bonchev–Trinajstić information content (AvgIpc) is 2.65. The predicted octanol–water partition coefficient (Wildman–Crippen LogP) is 1.10. The number of carbonyl (C=O) groups is 2. The van der Waals surface area contributed by atoms with Crippen LogP contribution in [0.15, 0.2) is 24.3 Å². The van der Waals surface area contributed by atoms with Crippen LogP contribution in [0.1, 0.15) is 31.4 Å². The first-order valence-corrected chi connectivity index (χ1v) is 9.03. The molecule has 0 radical (unpaired) electrons. The minimum Gasteiger partial charge on any atom is -0.483 e. The quantitative estimate of drug-likeness (QED) is 0.723. The summed E-state index contributed by atoms with van der Waals surface area (Å²) in [5, 5.41) is 6.35. The van der Waals surface area contributed by atoms with Crippen molar-refractivity contribution in [2.45, 2.75) is 31.8 Å². The number of rotatable bonds is 8. The summed E-state index contributed by atoms with van der Waals surface area (Å²) in [5.74, 6) is 0.480. The largest absolute Gasteiger partial charge is 0.483 e. The molecule has 0 aromatic heterocycles. The Morgan fingerprint density at radius 2 is 2.15 bits per heavy atom. The lowest BCUT2D eigenvalue weighted by atomic mass is 10.0. The maximum atomic E-state index is 12.4. The van der Waals surface area contributed by atoms with Crippen molar-refractivity contribution in [3.05, 3.63) is 29.8 Å². The highest BCUT2D eigenvalue weighted by molar-refractivity contribution is 5.78. The summed E-state index contributed by atoms with van der Waals surface area (Å²) in [6, 6.07) is 7.39. The smallest absolute Gasteiger partial charge is 0.259 e. The molecular weight excluding hydrogens is 334 g/mol. The van der Waals surface area contributed by atoms with Crippen molar-refractivity contribution in [1.82, 2.24) is 15.5 Å². The number of nitrogens with one attached hydrogen (secondary N) is 2. The Morgan fingerprint density at radius 1 is 1.38 bits per heavy atom. The van der Waals surface area contributed by atoms with Crippen LogP contribution < -0.4 is 15.4 Å². The highest BCUT2D eigenvalue weighted by atomic mass is 16.5. The van der Waals surface area contributed by atoms with Gasteiger partial charge in [0.25, 0.3) is 5.91 Å². The minimum atomic E-state index is -0.169. The second-order valence-corrected chi connectivity index (χ2v) is 6.57. The molecule has 0 bridgehead atoms. The topological polar surface area (TPSA) is 79.9 Å². The summed E-state index contributed by atoms with van der Waals surface area (Å²) in [4.78, 5) is 25.7. The standard InChI is InChI=1S/C19H29N3O4/c1-4-16(21-18(23)11-14-12-25-10-9-20-14)15-7-5-6-8-17(15)26-13-19(24)22(2)3/h5-8,14,16,20H,4,9-13H2,1-3H3,(H,21,23). The maximum absolute atomic E-state index is 12.4. The third-order valence-electron chi connectivity index (χ3n) is 4.32. The number of benzene rings is 1. The average molecular weight is 363 g/mol. The summed E-state index contributed by atoms with van der Waals surface area (Å²) in [6.07, 6.45) is 1.10. The van der Waals surface area contributed by atoms with E-state index in [1.165, 1.54) is 4.90 Å². The molecule has 2 N–H and O–H groups in total. The molecule has 1 fully saturated rings. The molecule has 2 rings (SSSR count). The van der Waals surface area contributed by atoms with Gasteiger partial charge >= 0.3 is 0 Å². The summed E-state index contributed by atoms with van der Waals surface area (Å²) in [5.41, 5.74) is 0.878. The minimum absolute atomic E-state index is 0.0287. The Hall–Kier alpha value is -2.12. The van der Waals surface area contributed by atoms with Gasteiger partial charge in [-0.3, -0.25) is 9.59 Å². The fraction of sp³-hybridized carbons (Fsp3) is 0.579. The molecule has 0 spiro atoms. The van der Waals surface area contributed by atoms with Crippen molar-refractivity contribution in [3.8, 4) is 5.75 Å². The third-order valence-corrected chi connectivity index (χ3v) is 4.32. The number of nitrogens with zero attached hydrogens (tertiary/aromatic N) is 1. The molecule has 0 aliphatic carbocycles. The van der Waals surface area contributed by atoms with Crippen molar-refractivity contribution >= 4 is 11.8 Å². The van der Waals surface area contributed by atoms with Gasteiger partial charge in [-0.25, -0.2) is 0 Å². The molecule has 2 unspecified atom stereocenters. The molecule has 1 aromatic rings. The van der Waals surface area contributed by atoms with E-state index < -0.39 is 0 Å². The van der Waals surface area contributed by atoms with E-state index in [0.29, 0.717) is 25.4 Å². The van der Waals surface area contributed by atoms with E-state index in [1.54, 1.807) is 14.1 Å². The third kappa shape index (κ3) is 6.00. The molecule has 2 atom stereocenters. The number of hydrogen-bond acceptors (Lipinski definition) is 5. The highest BCUT2D eigenvalue weighted by Gasteiger charge is 2.21. The van der Waals surface area contributed by atoms with Crippen molar-refractivity contribution in [2.75, 3.05) is 40.5 Å². The van der Waals surface area contributed by atoms with Gasteiger partial charge in [-0.15, -0.1) is 0 Å². The fourth-order valence-corrected chi connectivity index (χ4v) is 2.80. The molecule has 144 valence electrons. The number of morpholine rings is 1. The molecule has 1 saturated heterocycles. The maximum Gasteiger partial charge on any atom is 0.259 e. The zero-order chi connectivity index (χ0) is 18.9. The SMILES string of the molecule is CCC(NC(=O)CC1COCCN1)c1ccccc1OCC(=O)N(C)C. The van der Waals surface area contributed by atoms with Crippen molar-refractivity contribution < 1.29 is 19.1 Å². The number of carbonyl (C=O) groups excluding carboxylic acids is 2. The summed E-state index contributed by atoms with van der Waals surface area (Å²) in [6.45, 7) is 3.99. The summed E-state index contributed by atoms with van der Waals surface area (Å²) >= 11 is 0. The van der Waals surface area contributed by atoms with Gasteiger partial charge in [-0.1, -0.05) is 25.1 Å². The van der Waals surface area contributed by atoms with Crippen molar-refractivity contribution in [2.24, 2.45) is 0 Å². The van der Waals surface area contributed by atoms with Crippen LogP contribution in [0, 0.1) is 0 Å². The Morgan fingerprint density at radius 3 is 2.81 bits per heavy atom. The van der Waals surface area contributed by atoms with Crippen LogP contribution in [0.2, 0.25) is 0 Å². The number of para-hydroxylation sites is 1. The van der Waals surface area contributed by atoms with Crippen LogP contribution >= 0.6 is 0 Å². The molecule has 26 heavy (non-hydrogen) atoms. The van der Waals surface area contributed by atoms with Crippen LogP contribution in [0.5, 0.6) is 5.75 Å². The fourth-order valence-electron chi connectivity index (χ4n) is 2.80. The van der Waals surface area contributed by atoms with Gasteiger partial charge in [-0.05, 0) is 12.5 Å². The molecule has 1 aromatic carbocycles. The van der Waals surface area contributed by atoms with Gasteiger partial charge in [0, 0.05) is 38.7 Å². The van der Waals surface area contributed by atoms with Gasteiger partial charge < -0.3 is 25.0 Å². The lowest BCUT2D eigenvalue weighted by Crippen LogP contribution is -2.44. The predicted molar refractivity (Wildman–Crippen MR) is 99.0 cm³/mol. The molecule has 2 amide bonds. The molecule has 1 aliphatic rings. The van der Waals surface area contributed by atoms with Crippen LogP contribution in [0.4, 0.5) is 0 Å². The Balaban J connectivity index is 1.99. The number of hydrogen-bond donors (Lipinski definition) is 2. The zero-order valence-corrected chi connectivity index (χ0v) is 15.8. The van der Waals surface area contributed by atoms with E-state index in [9.17, 15) is 9.59 Å². The van der Waals surface area contributed by atoms with Gasteiger partial charge in [0.15, 0.2) is 6.61 Å². The summed E-state index contributed by atoms with van der Waals surface area (Å²) in [7, 11) is 3.38. The monoisotopic (exact) mass is 363 g/mol. The second kappa shape index (κ2) is 10.1. The highest BCUT2D eigenvalue weighted by Crippen LogP contribution is 2.27. The van der Waals surface area contributed by atoms with Gasteiger partial charge in [0.1, 0.15) is 5.75 Å². The Labute approximate surface area is 155 Å². The normalized spacial score (nSPS) is 18.0. The van der Waals surface area contributed by atoms with Crippen molar-refractivity contribution in [1.29, 1.82) is 0 Å². The number of amides is 2. The van der Waals surface area contributed by atoms with Crippen molar-refractivity contribution in [3.63, 3.8) is 0 Å². The number of likely N-dealkylation sites (N-methyl/N-ethyl adjacent to an activating group) is 1. The molecule has 0 saturated carbocycles. The first-order valence-electron chi connectivity index (χ1n) is 9.03. The van der Waals surface area contributed by atoms with E-state index >= 15 is 0 Å². The number of ether oxygens (including phenoxy) is 2. The van der Waals surface area contributed by atoms with Crippen LogP contribution in [0.25, 0.3) is 0 Å². The van der Waals surface area contributed by atoms with Crippen LogP contribution in [-0.2, 0) is 14.3 Å². The Kier molecular flexibility index (Phi) is 7.87. The molecule has 1 heterocycles. The van der Waals surface area contributed by atoms with Gasteiger partial charge in [0.05, 0.1) is 19.3 Å². The van der Waals surface area contributed by atoms with E-state index in [2.05, 4.69) is 10.6 Å². The van der Waals surface area contributed by atoms with E-state index in [4.69, 9.17) is 9.47 Å². The zero-order valence-electron chi connectivity index (χ0n) is 15.8. The van der Waals surface area contributed by atoms with Gasteiger partial charge in [-0.2, -0.15) is 0 Å². The van der Waals surface area contributed by atoms with E-state index in [-0.39, 0.29) is 30.5 Å². The molecule has 7 nitrogen and oxygen atoms in total. The summed E-state index contributed by atoms with van der Waals surface area (Å²) < 4.78 is 11.1. The Bertz CT molecular complexity index is 600. The van der Waals surface area contributed by atoms with Crippen LogP contribution in [-0.4, -0.2) is 63.2 Å². The molecule has 1 aliphatic heterocycles. The van der Waals surface area contributed by atoms with Gasteiger partial charge in [0.2, 0.25) is 5.91 Å². The van der Waals surface area contributed by atoms with E-state index in [1.807, 2.05) is 31.2 Å². The first-order chi connectivity index (χ1) is 12.5. The molecule has 7 heteroatoms. The second-order valence-electron chi connectivity index (χ2n) is 6.57. The first kappa shape index (κ1) is 20.2.